The normalized spacial score (nSPS) is 13.2. The molecule has 14 aromatic carbocycles. The van der Waals surface area contributed by atoms with E-state index in [1.54, 1.807) is 0 Å². The standard InChI is InChI=1S/C104H95BN4/c1-100(2,3)72-53-71(54-73(56-72)101(4,5)6)70-49-52-91-88(55-70)105-87-51-50-78(107-90-48-34-32-46-80(90)86-64-92-85(65-93(86)107)79-45-31-33-47-89(79)106(92)77-43-29-20-30-44-77)63-94(87)109(99-83(68-39-25-18-26-40-68)59-75(103(10,11)12)60-84(99)69-41-27-19-28-42-69)96-62-76(104(13,14)15)61-95(97(96)105)108(91)98-81(66-35-21-16-22-36-66)57-74(102(7,8)9)58-82(98)67-37-23-17-24-38-67/h16-65H,1-15H3. The smallest absolute Gasteiger partial charge is 0.252 e. The van der Waals surface area contributed by atoms with E-state index in [9.17, 15) is 0 Å². The topological polar surface area (TPSA) is 16.3 Å². The van der Waals surface area contributed by atoms with Crippen molar-refractivity contribution < 1.29 is 0 Å². The minimum Gasteiger partial charge on any atom is -0.310 e. The van der Waals surface area contributed by atoms with Crippen molar-refractivity contribution in [1.82, 2.24) is 9.13 Å². The third-order valence-corrected chi connectivity index (χ3v) is 23.4. The van der Waals surface area contributed by atoms with Gasteiger partial charge in [0.2, 0.25) is 0 Å². The van der Waals surface area contributed by atoms with Crippen molar-refractivity contribution in [1.29, 1.82) is 0 Å². The monoisotopic (exact) mass is 1410 g/mol. The molecule has 109 heavy (non-hydrogen) atoms. The Bertz CT molecular complexity index is 6130. The van der Waals surface area contributed by atoms with Gasteiger partial charge in [-0.15, -0.1) is 0 Å². The molecule has 0 amide bonds. The maximum atomic E-state index is 2.76. The summed E-state index contributed by atoms with van der Waals surface area (Å²) in [5, 5.41) is 4.85. The number of anilines is 6. The average Bonchev–Trinajstić information content (AvgIpc) is 1.18. The molecule has 5 heteroatoms. The van der Waals surface area contributed by atoms with Crippen molar-refractivity contribution in [2.75, 3.05) is 9.80 Å². The lowest BCUT2D eigenvalue weighted by Crippen LogP contribution is -2.61. The first-order valence-electron chi connectivity index (χ1n) is 39.1. The first-order valence-corrected chi connectivity index (χ1v) is 39.1. The van der Waals surface area contributed by atoms with Crippen molar-refractivity contribution in [2.24, 2.45) is 0 Å². The summed E-state index contributed by atoms with van der Waals surface area (Å²) in [6.07, 6.45) is 0. The molecule has 534 valence electrons. The van der Waals surface area contributed by atoms with E-state index in [0.29, 0.717) is 0 Å². The molecular weight excluding hydrogens is 1320 g/mol. The van der Waals surface area contributed by atoms with Gasteiger partial charge in [0.15, 0.2) is 0 Å². The quantitative estimate of drug-likeness (QED) is 0.134. The van der Waals surface area contributed by atoms with Crippen LogP contribution in [0.3, 0.4) is 0 Å². The van der Waals surface area contributed by atoms with E-state index in [1.807, 2.05) is 0 Å². The van der Waals surface area contributed by atoms with Crippen molar-refractivity contribution in [3.05, 3.63) is 331 Å². The molecule has 0 radical (unpaired) electrons. The molecule has 18 rings (SSSR count). The van der Waals surface area contributed by atoms with Crippen molar-refractivity contribution in [3.8, 4) is 67.0 Å². The lowest BCUT2D eigenvalue weighted by molar-refractivity contribution is 0.569. The minimum absolute atomic E-state index is 0.101. The van der Waals surface area contributed by atoms with Crippen LogP contribution in [0.4, 0.5) is 34.1 Å². The molecule has 0 aliphatic carbocycles. The van der Waals surface area contributed by atoms with Gasteiger partial charge >= 0.3 is 0 Å². The van der Waals surface area contributed by atoms with Gasteiger partial charge in [0.25, 0.3) is 6.71 Å². The third kappa shape index (κ3) is 11.7. The summed E-state index contributed by atoms with van der Waals surface area (Å²) in [7, 11) is 0. The molecule has 4 heterocycles. The van der Waals surface area contributed by atoms with Gasteiger partial charge in [-0.05, 0) is 196 Å². The van der Waals surface area contributed by atoms with Crippen LogP contribution in [0.25, 0.3) is 111 Å². The van der Waals surface area contributed by atoms with Crippen molar-refractivity contribution >= 4 is 101 Å². The van der Waals surface area contributed by atoms with Crippen LogP contribution in [0, 0.1) is 0 Å². The number of benzene rings is 14. The van der Waals surface area contributed by atoms with Gasteiger partial charge < -0.3 is 18.9 Å². The van der Waals surface area contributed by atoms with Crippen LogP contribution in [0.15, 0.2) is 303 Å². The number of para-hydroxylation sites is 3. The van der Waals surface area contributed by atoms with E-state index in [0.717, 1.165) is 62.0 Å². The molecule has 0 bridgehead atoms. The van der Waals surface area contributed by atoms with Crippen molar-refractivity contribution in [3.63, 3.8) is 0 Å². The fourth-order valence-corrected chi connectivity index (χ4v) is 17.4. The number of fused-ring (bicyclic) bond motifs is 10. The molecule has 0 saturated heterocycles. The molecular formula is C104H95BN4. The fourth-order valence-electron chi connectivity index (χ4n) is 17.4. The Morgan fingerprint density at radius 2 is 0.578 bits per heavy atom. The van der Waals surface area contributed by atoms with Crippen molar-refractivity contribution in [2.45, 2.75) is 131 Å². The van der Waals surface area contributed by atoms with E-state index in [1.165, 1.54) is 127 Å². The summed E-state index contributed by atoms with van der Waals surface area (Å²) in [4.78, 5) is 5.49. The largest absolute Gasteiger partial charge is 0.310 e. The Kier molecular flexibility index (Phi) is 16.2. The molecule has 0 fully saturated rings. The minimum atomic E-state index is -0.327. The summed E-state index contributed by atoms with van der Waals surface area (Å²) < 4.78 is 5.03. The lowest BCUT2D eigenvalue weighted by Gasteiger charge is -2.47. The predicted octanol–water partition coefficient (Wildman–Crippen LogP) is 26.8. The van der Waals surface area contributed by atoms with Crippen LogP contribution >= 0.6 is 0 Å². The summed E-state index contributed by atoms with van der Waals surface area (Å²) in [6, 6.07) is 117. The van der Waals surface area contributed by atoms with Crippen LogP contribution in [-0.4, -0.2) is 15.8 Å². The molecule has 2 aromatic heterocycles. The van der Waals surface area contributed by atoms with Gasteiger partial charge in [0.1, 0.15) is 0 Å². The highest BCUT2D eigenvalue weighted by molar-refractivity contribution is 7.00. The molecule has 2 aliphatic rings. The molecule has 2 aliphatic heterocycles. The maximum Gasteiger partial charge on any atom is 0.252 e. The Morgan fingerprint density at radius 3 is 0.991 bits per heavy atom. The number of rotatable bonds is 9. The van der Waals surface area contributed by atoms with Crippen LogP contribution in [0.1, 0.15) is 132 Å². The fraction of sp³-hybridized carbons (Fsp3) is 0.192. The summed E-state index contributed by atoms with van der Waals surface area (Å²) in [6.45, 7) is 35.3. The van der Waals surface area contributed by atoms with E-state index in [4.69, 9.17) is 0 Å². The van der Waals surface area contributed by atoms with Crippen LogP contribution < -0.4 is 26.2 Å². The van der Waals surface area contributed by atoms with Gasteiger partial charge in [-0.2, -0.15) is 0 Å². The Labute approximate surface area is 644 Å². The van der Waals surface area contributed by atoms with Crippen LogP contribution in [-0.2, 0) is 27.1 Å². The SMILES string of the molecule is CC(C)(C)c1cc(-c2ccc3c(c2)B2c4ccc(-n5c6ccccc6c6cc7c(cc65)c5ccccc5n7-c5ccccc5)cc4N(c4c(-c5ccccc5)cc(C(C)(C)C)cc4-c4ccccc4)c4cc(C(C)(C)C)cc(c42)N3c2c(-c3ccccc3)cc(C(C)(C)C)cc2-c2ccccc2)cc(C(C)(C)C)c1. The van der Waals surface area contributed by atoms with Gasteiger partial charge in [-0.25, -0.2) is 0 Å². The molecule has 0 spiro atoms. The molecule has 0 unspecified atom stereocenters. The Hall–Kier alpha value is -11.7. The van der Waals surface area contributed by atoms with E-state index < -0.39 is 0 Å². The summed E-state index contributed by atoms with van der Waals surface area (Å²) in [5.74, 6) is 0. The Balaban J connectivity index is 1.03. The second-order valence-electron chi connectivity index (χ2n) is 35.8. The van der Waals surface area contributed by atoms with Gasteiger partial charge in [-0.3, -0.25) is 0 Å². The molecule has 0 N–H and O–H groups in total. The van der Waals surface area contributed by atoms with E-state index in [2.05, 4.69) is 426 Å². The third-order valence-electron chi connectivity index (χ3n) is 23.4. The van der Waals surface area contributed by atoms with Gasteiger partial charge in [0.05, 0.1) is 33.4 Å². The molecule has 16 aromatic rings. The second kappa shape index (κ2) is 25.5. The number of nitrogens with zero attached hydrogens (tertiary/aromatic N) is 4. The summed E-state index contributed by atoms with van der Waals surface area (Å²) in [5.41, 5.74) is 34.9. The highest BCUT2D eigenvalue weighted by atomic mass is 15.2. The summed E-state index contributed by atoms with van der Waals surface area (Å²) >= 11 is 0. The van der Waals surface area contributed by atoms with E-state index >= 15 is 0 Å². The highest BCUT2D eigenvalue weighted by Crippen LogP contribution is 2.56. The second-order valence-corrected chi connectivity index (χ2v) is 35.8. The zero-order valence-corrected chi connectivity index (χ0v) is 65.7. The zero-order valence-electron chi connectivity index (χ0n) is 65.7. The first kappa shape index (κ1) is 69.1. The van der Waals surface area contributed by atoms with Gasteiger partial charge in [-0.1, -0.05) is 316 Å². The number of hydrogen-bond acceptors (Lipinski definition) is 2. The highest BCUT2D eigenvalue weighted by Gasteiger charge is 2.47. The molecule has 0 atom stereocenters. The number of aromatic nitrogens is 2. The first-order chi connectivity index (χ1) is 52.2. The van der Waals surface area contributed by atoms with E-state index in [-0.39, 0.29) is 33.8 Å². The van der Waals surface area contributed by atoms with Crippen LogP contribution in [0.5, 0.6) is 0 Å². The zero-order chi connectivity index (χ0) is 75.4. The maximum absolute atomic E-state index is 2.76. The van der Waals surface area contributed by atoms with Gasteiger partial charge in [0, 0.05) is 77.9 Å². The molecule has 4 nitrogen and oxygen atoms in total. The Morgan fingerprint density at radius 1 is 0.220 bits per heavy atom. The predicted molar refractivity (Wildman–Crippen MR) is 470 cm³/mol. The molecule has 0 saturated carbocycles. The average molecular weight is 1410 g/mol. The van der Waals surface area contributed by atoms with Crippen LogP contribution in [0.2, 0.25) is 0 Å². The number of hydrogen-bond donors (Lipinski definition) is 0. The lowest BCUT2D eigenvalue weighted by atomic mass is 9.33.